The molecule has 1 aliphatic heterocycles. The van der Waals surface area contributed by atoms with Crippen LogP contribution in [0.2, 0.25) is 0 Å². The quantitative estimate of drug-likeness (QED) is 0.871. The number of halogens is 1. The van der Waals surface area contributed by atoms with E-state index in [0.717, 1.165) is 25.2 Å². The van der Waals surface area contributed by atoms with Gasteiger partial charge in [-0.25, -0.2) is 4.39 Å². The van der Waals surface area contributed by atoms with E-state index in [1.807, 2.05) is 0 Å². The summed E-state index contributed by atoms with van der Waals surface area (Å²) in [6.07, 6.45) is 2.34. The summed E-state index contributed by atoms with van der Waals surface area (Å²) in [6.45, 7) is 3.62. The van der Waals surface area contributed by atoms with Crippen LogP contribution in [-0.2, 0) is 4.79 Å². The highest BCUT2D eigenvalue weighted by molar-refractivity contribution is 5.67. The van der Waals surface area contributed by atoms with Gasteiger partial charge in [0.2, 0.25) is 0 Å². The number of aromatic nitrogens is 1. The van der Waals surface area contributed by atoms with E-state index >= 15 is 0 Å². The van der Waals surface area contributed by atoms with Crippen LogP contribution in [0.3, 0.4) is 0 Å². The predicted octanol–water partition coefficient (Wildman–Crippen LogP) is 2.08. The van der Waals surface area contributed by atoms with Crippen LogP contribution in [0.15, 0.2) is 18.3 Å². The molecule has 1 aromatic rings. The van der Waals surface area contributed by atoms with E-state index in [4.69, 9.17) is 5.11 Å². The number of likely N-dealkylation sites (tertiary alicyclic amines) is 1. The Hall–Kier alpha value is -1.49. The number of carbonyl (C=O) groups is 1. The number of nitrogens with zero attached hydrogens (tertiary/aromatic N) is 2. The fraction of sp³-hybridized carbons (Fsp3) is 0.538. The summed E-state index contributed by atoms with van der Waals surface area (Å²) >= 11 is 0. The van der Waals surface area contributed by atoms with Crippen molar-refractivity contribution in [2.45, 2.75) is 25.8 Å². The lowest BCUT2D eigenvalue weighted by molar-refractivity contribution is -0.139. The molecule has 0 radical (unpaired) electrons. The van der Waals surface area contributed by atoms with Gasteiger partial charge in [-0.3, -0.25) is 14.7 Å². The Morgan fingerprint density at radius 1 is 1.61 bits per heavy atom. The Kier molecular flexibility index (Phi) is 3.91. The van der Waals surface area contributed by atoms with Gasteiger partial charge in [-0.2, -0.15) is 0 Å². The summed E-state index contributed by atoms with van der Waals surface area (Å²) in [4.78, 5) is 16.9. The number of carboxylic acids is 1. The second-order valence-electron chi connectivity index (χ2n) is 4.74. The van der Waals surface area contributed by atoms with E-state index in [9.17, 15) is 9.18 Å². The summed E-state index contributed by atoms with van der Waals surface area (Å²) in [5.74, 6) is -0.842. The number of rotatable bonds is 5. The van der Waals surface area contributed by atoms with E-state index in [-0.39, 0.29) is 24.2 Å². The first-order chi connectivity index (χ1) is 8.60. The third-order valence-corrected chi connectivity index (χ3v) is 3.37. The van der Waals surface area contributed by atoms with E-state index in [0.29, 0.717) is 0 Å². The monoisotopic (exact) mass is 252 g/mol. The molecule has 0 amide bonds. The highest BCUT2D eigenvalue weighted by Gasteiger charge is 2.33. The zero-order valence-electron chi connectivity index (χ0n) is 10.3. The van der Waals surface area contributed by atoms with E-state index < -0.39 is 5.97 Å². The van der Waals surface area contributed by atoms with Crippen molar-refractivity contribution in [1.29, 1.82) is 0 Å². The van der Waals surface area contributed by atoms with Crippen LogP contribution in [0.25, 0.3) is 0 Å². The molecule has 2 heterocycles. The van der Waals surface area contributed by atoms with Crippen LogP contribution in [0, 0.1) is 11.7 Å². The maximum absolute atomic E-state index is 12.8. The Balaban J connectivity index is 1.95. The van der Waals surface area contributed by atoms with Crippen molar-refractivity contribution in [2.24, 2.45) is 5.92 Å². The van der Waals surface area contributed by atoms with Crippen molar-refractivity contribution in [3.8, 4) is 0 Å². The molecule has 5 heteroatoms. The van der Waals surface area contributed by atoms with Gasteiger partial charge in [-0.15, -0.1) is 0 Å². The SMILES string of the molecule is CCC(c1ccc(F)cn1)N1CC(CC(=O)O)C1. The Morgan fingerprint density at radius 2 is 2.33 bits per heavy atom. The molecular weight excluding hydrogens is 235 g/mol. The van der Waals surface area contributed by atoms with Gasteiger partial charge in [-0.1, -0.05) is 6.92 Å². The van der Waals surface area contributed by atoms with Crippen molar-refractivity contribution in [1.82, 2.24) is 9.88 Å². The van der Waals surface area contributed by atoms with Crippen LogP contribution in [0.4, 0.5) is 4.39 Å². The summed E-state index contributed by atoms with van der Waals surface area (Å²) in [7, 11) is 0. The molecule has 1 unspecified atom stereocenters. The number of pyridine rings is 1. The molecule has 2 rings (SSSR count). The average molecular weight is 252 g/mol. The van der Waals surface area contributed by atoms with Crippen LogP contribution in [-0.4, -0.2) is 34.0 Å². The third-order valence-electron chi connectivity index (χ3n) is 3.37. The zero-order chi connectivity index (χ0) is 13.1. The van der Waals surface area contributed by atoms with Gasteiger partial charge >= 0.3 is 5.97 Å². The molecule has 0 bridgehead atoms. The van der Waals surface area contributed by atoms with Crippen molar-refractivity contribution in [3.05, 3.63) is 29.8 Å². The molecule has 0 spiro atoms. The van der Waals surface area contributed by atoms with Gasteiger partial charge < -0.3 is 5.11 Å². The molecule has 1 fully saturated rings. The Bertz CT molecular complexity index is 416. The second-order valence-corrected chi connectivity index (χ2v) is 4.74. The van der Waals surface area contributed by atoms with Crippen molar-refractivity contribution < 1.29 is 14.3 Å². The van der Waals surface area contributed by atoms with Gasteiger partial charge in [0.25, 0.3) is 0 Å². The maximum atomic E-state index is 12.8. The highest BCUT2D eigenvalue weighted by Crippen LogP contribution is 2.31. The van der Waals surface area contributed by atoms with Gasteiger partial charge in [-0.05, 0) is 24.5 Å². The third kappa shape index (κ3) is 2.85. The average Bonchev–Trinajstić information content (AvgIpc) is 2.28. The minimum Gasteiger partial charge on any atom is -0.481 e. The lowest BCUT2D eigenvalue weighted by atomic mass is 9.92. The summed E-state index contributed by atoms with van der Waals surface area (Å²) in [6, 6.07) is 3.28. The van der Waals surface area contributed by atoms with Gasteiger partial charge in [0.15, 0.2) is 0 Å². The molecule has 4 nitrogen and oxygen atoms in total. The fourth-order valence-corrected chi connectivity index (χ4v) is 2.48. The highest BCUT2D eigenvalue weighted by atomic mass is 19.1. The van der Waals surface area contributed by atoms with Crippen LogP contribution >= 0.6 is 0 Å². The molecular formula is C13H17FN2O2. The molecule has 1 aliphatic rings. The zero-order valence-corrected chi connectivity index (χ0v) is 10.3. The molecule has 1 saturated heterocycles. The number of aliphatic carboxylic acids is 1. The van der Waals surface area contributed by atoms with E-state index in [1.54, 1.807) is 6.07 Å². The van der Waals surface area contributed by atoms with Gasteiger partial charge in [0, 0.05) is 13.1 Å². The smallest absolute Gasteiger partial charge is 0.303 e. The predicted molar refractivity (Wildman–Crippen MR) is 64.5 cm³/mol. The molecule has 1 aromatic heterocycles. The Labute approximate surface area is 105 Å². The van der Waals surface area contributed by atoms with E-state index in [2.05, 4.69) is 16.8 Å². The van der Waals surface area contributed by atoms with Crippen LogP contribution in [0.5, 0.6) is 0 Å². The first kappa shape index (κ1) is 13.0. The number of hydrogen-bond donors (Lipinski definition) is 1. The minimum absolute atomic E-state index is 0.163. The standard InChI is InChI=1S/C13H17FN2O2/c1-2-12(11-4-3-10(14)6-15-11)16-7-9(8-16)5-13(17)18/h3-4,6,9,12H,2,5,7-8H2,1H3,(H,17,18). The van der Waals surface area contributed by atoms with Crippen molar-refractivity contribution >= 4 is 5.97 Å². The fourth-order valence-electron chi connectivity index (χ4n) is 2.48. The first-order valence-electron chi connectivity index (χ1n) is 6.17. The van der Waals surface area contributed by atoms with Crippen molar-refractivity contribution in [2.75, 3.05) is 13.1 Å². The summed E-state index contributed by atoms with van der Waals surface area (Å²) in [5.41, 5.74) is 0.854. The van der Waals surface area contributed by atoms with Gasteiger partial charge in [0.1, 0.15) is 5.82 Å². The molecule has 1 atom stereocenters. The largest absolute Gasteiger partial charge is 0.481 e. The summed E-state index contributed by atoms with van der Waals surface area (Å²) < 4.78 is 12.8. The van der Waals surface area contributed by atoms with Crippen molar-refractivity contribution in [3.63, 3.8) is 0 Å². The van der Waals surface area contributed by atoms with Crippen LogP contribution in [0.1, 0.15) is 31.5 Å². The normalized spacial score (nSPS) is 18.3. The summed E-state index contributed by atoms with van der Waals surface area (Å²) in [5, 5.41) is 8.71. The maximum Gasteiger partial charge on any atom is 0.303 e. The van der Waals surface area contributed by atoms with E-state index in [1.165, 1.54) is 12.3 Å². The molecule has 0 aromatic carbocycles. The number of hydrogen-bond acceptors (Lipinski definition) is 3. The molecule has 0 saturated carbocycles. The van der Waals surface area contributed by atoms with Gasteiger partial charge in [0.05, 0.1) is 24.4 Å². The second kappa shape index (κ2) is 5.44. The lowest BCUT2D eigenvalue weighted by Gasteiger charge is -2.43. The first-order valence-corrected chi connectivity index (χ1v) is 6.17. The number of carboxylic acid groups (broad SMARTS) is 1. The Morgan fingerprint density at radius 3 is 2.83 bits per heavy atom. The topological polar surface area (TPSA) is 53.4 Å². The lowest BCUT2D eigenvalue weighted by Crippen LogP contribution is -2.49. The molecule has 0 aliphatic carbocycles. The van der Waals surface area contributed by atoms with Crippen LogP contribution < -0.4 is 0 Å². The molecule has 98 valence electrons. The molecule has 1 N–H and O–H groups in total. The molecule has 18 heavy (non-hydrogen) atoms. The minimum atomic E-state index is -0.743.